The topological polar surface area (TPSA) is 77.2 Å². The molecule has 5 N–H and O–H groups in total. The first-order chi connectivity index (χ1) is 11.5. The summed E-state index contributed by atoms with van der Waals surface area (Å²) in [5, 5.41) is 6.34. The van der Waals surface area contributed by atoms with Crippen molar-refractivity contribution in [2.24, 2.45) is 0 Å². The highest BCUT2D eigenvalue weighted by atomic mass is 16.2. The zero-order chi connectivity index (χ0) is 17.1. The third kappa shape index (κ3) is 3.56. The van der Waals surface area contributed by atoms with Crippen molar-refractivity contribution >= 4 is 17.3 Å². The summed E-state index contributed by atoms with van der Waals surface area (Å²) >= 11 is 0. The standard InChI is InChI=1S/C18H23N5O/c1-11-9-12(2)15(13(3)10-11)20-18(24)16-17(22-23-21-16)19-14-7-5-4-6-8-14/h4-10,16-17,19,21-23H,1-3H3,(H,20,24). The van der Waals surface area contributed by atoms with Gasteiger partial charge in [0.1, 0.15) is 12.2 Å². The number of amides is 1. The summed E-state index contributed by atoms with van der Waals surface area (Å²) < 4.78 is 0. The normalized spacial score (nSPS) is 20.0. The fraction of sp³-hybridized carbons (Fsp3) is 0.278. The summed E-state index contributed by atoms with van der Waals surface area (Å²) in [5.41, 5.74) is 13.9. The van der Waals surface area contributed by atoms with Crippen LogP contribution in [0.3, 0.4) is 0 Å². The smallest absolute Gasteiger partial charge is 0.246 e. The molecule has 126 valence electrons. The summed E-state index contributed by atoms with van der Waals surface area (Å²) in [7, 11) is 0. The van der Waals surface area contributed by atoms with Gasteiger partial charge in [-0.15, -0.1) is 0 Å². The van der Waals surface area contributed by atoms with E-state index in [9.17, 15) is 4.79 Å². The van der Waals surface area contributed by atoms with Gasteiger partial charge in [0, 0.05) is 11.4 Å². The summed E-state index contributed by atoms with van der Waals surface area (Å²) in [6, 6.07) is 13.5. The van der Waals surface area contributed by atoms with E-state index in [1.165, 1.54) is 5.56 Å². The Morgan fingerprint density at radius 3 is 2.33 bits per heavy atom. The molecule has 24 heavy (non-hydrogen) atoms. The molecule has 0 bridgehead atoms. The van der Waals surface area contributed by atoms with E-state index < -0.39 is 6.04 Å². The SMILES string of the molecule is Cc1cc(C)c(NC(=O)C2NNNC2Nc2ccccc2)c(C)c1. The van der Waals surface area contributed by atoms with E-state index in [1.54, 1.807) is 0 Å². The van der Waals surface area contributed by atoms with Gasteiger partial charge in [-0.2, -0.15) is 5.53 Å². The lowest BCUT2D eigenvalue weighted by Crippen LogP contribution is -2.48. The Labute approximate surface area is 142 Å². The summed E-state index contributed by atoms with van der Waals surface area (Å²) in [4.78, 5) is 12.7. The highest BCUT2D eigenvalue weighted by Crippen LogP contribution is 2.22. The van der Waals surface area contributed by atoms with Crippen LogP contribution in [-0.4, -0.2) is 18.1 Å². The largest absolute Gasteiger partial charge is 0.367 e. The number of carbonyl (C=O) groups excluding carboxylic acids is 1. The average Bonchev–Trinajstić information content (AvgIpc) is 3.00. The molecule has 1 aliphatic rings. The fourth-order valence-electron chi connectivity index (χ4n) is 2.99. The number of hydrogen-bond donors (Lipinski definition) is 5. The Kier molecular flexibility index (Phi) is 4.80. The minimum Gasteiger partial charge on any atom is -0.367 e. The highest BCUT2D eigenvalue weighted by Gasteiger charge is 2.33. The molecule has 0 saturated carbocycles. The molecular formula is C18H23N5O. The van der Waals surface area contributed by atoms with Crippen LogP contribution < -0.4 is 27.0 Å². The first kappa shape index (κ1) is 16.4. The molecule has 0 aliphatic carbocycles. The predicted molar refractivity (Wildman–Crippen MR) is 96.3 cm³/mol. The number of rotatable bonds is 4. The lowest BCUT2D eigenvalue weighted by atomic mass is 10.0. The Hall–Kier alpha value is -2.41. The van der Waals surface area contributed by atoms with Crippen LogP contribution in [0.5, 0.6) is 0 Å². The molecule has 0 radical (unpaired) electrons. The lowest BCUT2D eigenvalue weighted by Gasteiger charge is -2.21. The van der Waals surface area contributed by atoms with Gasteiger partial charge in [0.25, 0.3) is 0 Å². The van der Waals surface area contributed by atoms with Gasteiger partial charge < -0.3 is 10.6 Å². The van der Waals surface area contributed by atoms with E-state index in [0.717, 1.165) is 22.5 Å². The Balaban J connectivity index is 1.72. The van der Waals surface area contributed by atoms with Crippen LogP contribution in [0, 0.1) is 20.8 Å². The first-order valence-corrected chi connectivity index (χ1v) is 8.01. The number of aryl methyl sites for hydroxylation is 3. The molecule has 1 amide bonds. The van der Waals surface area contributed by atoms with Crippen molar-refractivity contribution < 1.29 is 4.79 Å². The number of nitrogens with one attached hydrogen (secondary N) is 5. The lowest BCUT2D eigenvalue weighted by molar-refractivity contribution is -0.118. The van der Waals surface area contributed by atoms with Crippen LogP contribution in [0.2, 0.25) is 0 Å². The molecule has 1 aliphatic heterocycles. The second kappa shape index (κ2) is 7.00. The third-order valence-electron chi connectivity index (χ3n) is 4.09. The van der Waals surface area contributed by atoms with Crippen molar-refractivity contribution in [2.45, 2.75) is 33.0 Å². The molecule has 0 spiro atoms. The van der Waals surface area contributed by atoms with E-state index in [-0.39, 0.29) is 12.1 Å². The van der Waals surface area contributed by atoms with Crippen LogP contribution in [0.15, 0.2) is 42.5 Å². The van der Waals surface area contributed by atoms with E-state index in [2.05, 4.69) is 46.1 Å². The minimum absolute atomic E-state index is 0.101. The van der Waals surface area contributed by atoms with Gasteiger partial charge in [0.05, 0.1) is 0 Å². The van der Waals surface area contributed by atoms with Gasteiger partial charge in [-0.05, 0) is 44.0 Å². The average molecular weight is 325 g/mol. The Morgan fingerprint density at radius 1 is 1.00 bits per heavy atom. The van der Waals surface area contributed by atoms with E-state index in [0.29, 0.717) is 0 Å². The van der Waals surface area contributed by atoms with Gasteiger partial charge in [0.15, 0.2) is 0 Å². The van der Waals surface area contributed by atoms with Crippen LogP contribution in [0.25, 0.3) is 0 Å². The molecule has 1 saturated heterocycles. The minimum atomic E-state index is -0.453. The quantitative estimate of drug-likeness (QED) is 0.594. The van der Waals surface area contributed by atoms with Crippen molar-refractivity contribution in [3.8, 4) is 0 Å². The number of carbonyl (C=O) groups is 1. The molecule has 1 heterocycles. The monoisotopic (exact) mass is 325 g/mol. The molecule has 2 unspecified atom stereocenters. The molecule has 3 rings (SSSR count). The van der Waals surface area contributed by atoms with Crippen LogP contribution >= 0.6 is 0 Å². The zero-order valence-corrected chi connectivity index (χ0v) is 14.1. The van der Waals surface area contributed by atoms with E-state index >= 15 is 0 Å². The highest BCUT2D eigenvalue weighted by molar-refractivity contribution is 5.97. The fourth-order valence-corrected chi connectivity index (χ4v) is 2.99. The van der Waals surface area contributed by atoms with Crippen LogP contribution in [-0.2, 0) is 4.79 Å². The number of anilines is 2. The maximum absolute atomic E-state index is 12.7. The van der Waals surface area contributed by atoms with Crippen molar-refractivity contribution in [3.05, 3.63) is 59.2 Å². The van der Waals surface area contributed by atoms with Gasteiger partial charge in [0.2, 0.25) is 5.91 Å². The van der Waals surface area contributed by atoms with Gasteiger partial charge in [-0.3, -0.25) is 4.79 Å². The van der Waals surface area contributed by atoms with Crippen molar-refractivity contribution in [1.29, 1.82) is 0 Å². The van der Waals surface area contributed by atoms with Crippen LogP contribution in [0.4, 0.5) is 11.4 Å². The van der Waals surface area contributed by atoms with Crippen LogP contribution in [0.1, 0.15) is 16.7 Å². The summed E-state index contributed by atoms with van der Waals surface area (Å²) in [6.07, 6.45) is -0.265. The molecule has 6 heteroatoms. The maximum Gasteiger partial charge on any atom is 0.246 e. The second-order valence-corrected chi connectivity index (χ2v) is 6.14. The second-order valence-electron chi connectivity index (χ2n) is 6.14. The molecule has 2 atom stereocenters. The van der Waals surface area contributed by atoms with E-state index in [4.69, 9.17) is 0 Å². The number of hydrogen-bond acceptors (Lipinski definition) is 5. The molecule has 6 nitrogen and oxygen atoms in total. The summed E-state index contributed by atoms with van der Waals surface area (Å²) in [6.45, 7) is 6.07. The van der Waals surface area contributed by atoms with Gasteiger partial charge in [-0.1, -0.05) is 35.9 Å². The maximum atomic E-state index is 12.7. The number of benzene rings is 2. The molecular weight excluding hydrogens is 302 g/mol. The Bertz CT molecular complexity index is 708. The first-order valence-electron chi connectivity index (χ1n) is 8.01. The third-order valence-corrected chi connectivity index (χ3v) is 4.09. The molecule has 2 aromatic rings. The van der Waals surface area contributed by atoms with Gasteiger partial charge in [-0.25, -0.2) is 10.9 Å². The number of hydrazine groups is 2. The molecule has 0 aromatic heterocycles. The predicted octanol–water partition coefficient (Wildman–Crippen LogP) is 1.97. The van der Waals surface area contributed by atoms with Crippen molar-refractivity contribution in [3.63, 3.8) is 0 Å². The molecule has 1 fully saturated rings. The molecule has 2 aromatic carbocycles. The Morgan fingerprint density at radius 2 is 1.67 bits per heavy atom. The van der Waals surface area contributed by atoms with E-state index in [1.807, 2.05) is 44.2 Å². The summed E-state index contributed by atoms with van der Waals surface area (Å²) in [5.74, 6) is -0.101. The number of para-hydroxylation sites is 1. The van der Waals surface area contributed by atoms with Crippen molar-refractivity contribution in [2.75, 3.05) is 10.6 Å². The van der Waals surface area contributed by atoms with Crippen molar-refractivity contribution in [1.82, 2.24) is 16.4 Å². The van der Waals surface area contributed by atoms with Gasteiger partial charge >= 0.3 is 0 Å². The zero-order valence-electron chi connectivity index (χ0n) is 14.1.